The first kappa shape index (κ1) is 109. The van der Waals surface area contributed by atoms with Crippen LogP contribution in [0.15, 0.2) is 0 Å². The van der Waals surface area contributed by atoms with Crippen LogP contribution in [0.25, 0.3) is 0 Å². The number of hydrogen-bond acceptors (Lipinski definition) is 48. The van der Waals surface area contributed by atoms with Crippen LogP contribution in [-0.2, 0) is 76.7 Å². The Bertz CT molecular complexity index is 3310. The SMILES string of the molecule is CN(C(=O)C(N)CS)N(C(=O)C(N)CS)N(C(=O)C(N)CS)N(C(=O)C(N)CS)N(C(=O)C(N)CS)N(C(=O)C(N)CS)N(C(=O)C(N)CS)N(C(=O)C(N)CS)N(C(=O)C(N)CS)N(C(=O)C(N)CS)N(C(=O)C(N)CS)N(C(=O)C(N)CS)N(C(=O)C(N)CS)N(C(=O)C(N)CS)N(NC(=O)C(N)CS)C(=O)C(N)CS. The van der Waals surface area contributed by atoms with Gasteiger partial charge in [-0.3, -0.25) is 76.7 Å². The Morgan fingerprint density at radius 2 is 0.301 bits per heavy atom. The highest BCUT2D eigenvalue weighted by molar-refractivity contribution is 7.82. The van der Waals surface area contributed by atoms with Crippen LogP contribution in [0.3, 0.4) is 0 Å². The van der Waals surface area contributed by atoms with E-state index in [2.05, 4.69) is 202 Å². The molecule has 0 spiro atoms. The molecule has 0 aromatic rings. The van der Waals surface area contributed by atoms with Crippen molar-refractivity contribution in [3.63, 3.8) is 0 Å². The lowest BCUT2D eigenvalue weighted by Gasteiger charge is -2.56. The van der Waals surface area contributed by atoms with E-state index in [1.807, 2.05) is 5.43 Å². The fraction of sp³-hybridized carbons (Fsp3) is 0.673. The van der Waals surface area contributed by atoms with Gasteiger partial charge in [0.1, 0.15) is 0 Å². The van der Waals surface area contributed by atoms with E-state index in [9.17, 15) is 9.59 Å². The summed E-state index contributed by atoms with van der Waals surface area (Å²) in [6.45, 7) is 0. The summed E-state index contributed by atoms with van der Waals surface area (Å²) >= 11 is 66.1. The highest BCUT2D eigenvalue weighted by Gasteiger charge is 2.60. The largest absolute Gasteiger partial charge is 0.319 e. The summed E-state index contributed by atoms with van der Waals surface area (Å²) in [6, 6.07) is -38.0. The van der Waals surface area contributed by atoms with Crippen molar-refractivity contribution in [1.82, 2.24) is 82.1 Å². The lowest BCUT2D eigenvalue weighted by Crippen LogP contribution is -2.85. The van der Waals surface area contributed by atoms with Gasteiger partial charge >= 0.3 is 0 Å². The predicted molar refractivity (Wildman–Crippen MR) is 466 cm³/mol. The molecule has 64 heteroatoms. The Hall–Kier alpha value is -3.52. The molecule has 0 aromatic carbocycles. The van der Waals surface area contributed by atoms with Crippen molar-refractivity contribution in [3.05, 3.63) is 0 Å². The van der Waals surface area contributed by atoms with Crippen LogP contribution in [0.5, 0.6) is 0 Å². The molecule has 48 nitrogen and oxygen atoms in total. The Kier molecular flexibility index (Phi) is 50.9. The molecule has 0 saturated heterocycles. The van der Waals surface area contributed by atoms with Gasteiger partial charge in [-0.15, -0.1) is 71.7 Å². The number of rotatable bonds is 32. The molecule has 0 aliphatic rings. The number of nitrogens with two attached hydrogens (primary N) is 16. The van der Waals surface area contributed by atoms with Crippen molar-refractivity contribution in [1.29, 1.82) is 0 Å². The van der Waals surface area contributed by atoms with Crippen LogP contribution in [0.2, 0.25) is 0 Å². The van der Waals surface area contributed by atoms with Gasteiger partial charge in [-0.05, 0) is 0 Å². The third-order valence-corrected chi connectivity index (χ3v) is 20.5. The molecule has 648 valence electrons. The second kappa shape index (κ2) is 52.5. The molecule has 33 N–H and O–H groups in total. The van der Waals surface area contributed by atoms with E-state index in [0.29, 0.717) is 7.05 Å². The molecule has 16 unspecified atom stereocenters. The molecule has 0 radical (unpaired) electrons. The second-order valence-electron chi connectivity index (χ2n) is 22.8. The summed E-state index contributed by atoms with van der Waals surface area (Å²) in [7, 11) is 0.681. The molecule has 0 heterocycles. The second-order valence-corrected chi connectivity index (χ2v) is 28.6. The van der Waals surface area contributed by atoms with Gasteiger partial charge in [-0.25, -0.2) is 10.4 Å². The van der Waals surface area contributed by atoms with Crippen molar-refractivity contribution in [2.75, 3.05) is 99.1 Å². The van der Waals surface area contributed by atoms with Gasteiger partial charge in [-0.1, -0.05) is 0 Å². The zero-order chi connectivity index (χ0) is 88.2. The average molecular weight is 1910 g/mol. The number of hydrazine groups is 15. The fourth-order valence-corrected chi connectivity index (χ4v) is 10.1. The van der Waals surface area contributed by atoms with Gasteiger partial charge in [0.15, 0.2) is 0 Å². The maximum absolute atomic E-state index is 16.7. The molecule has 0 aromatic heterocycles. The Morgan fingerprint density at radius 1 is 0.186 bits per heavy atom. The first-order valence-electron chi connectivity index (χ1n) is 31.9. The highest BCUT2D eigenvalue weighted by atomic mass is 32.1. The van der Waals surface area contributed by atoms with Gasteiger partial charge in [0.05, 0.1) is 96.7 Å². The summed E-state index contributed by atoms with van der Waals surface area (Å²) < 4.78 is 0. The van der Waals surface area contributed by atoms with E-state index in [0.717, 1.165) is 0 Å². The number of nitrogens with zero attached hydrogens (tertiary/aromatic N) is 15. The van der Waals surface area contributed by atoms with Crippen LogP contribution >= 0.6 is 202 Å². The molecular formula is C49H100N32O16S16. The molecule has 0 fully saturated rings. The number of carbonyl (C=O) groups excluding carboxylic acids is 16. The molecule has 0 aliphatic carbocycles. The first-order chi connectivity index (χ1) is 52.7. The van der Waals surface area contributed by atoms with Crippen LogP contribution in [0, 0.1) is 0 Å². The normalized spacial score (nSPS) is 15.5. The Morgan fingerprint density at radius 3 is 0.460 bits per heavy atom. The lowest BCUT2D eigenvalue weighted by atomic mass is 10.3. The molecule has 16 amide bonds. The monoisotopic (exact) mass is 1900 g/mol. The lowest BCUT2D eigenvalue weighted by molar-refractivity contribution is -0.395. The summed E-state index contributed by atoms with van der Waals surface area (Å²) in [5.74, 6) is -47.9. The minimum absolute atomic E-state index is 0.152. The first-order valence-corrected chi connectivity index (χ1v) is 42.0. The van der Waals surface area contributed by atoms with Crippen molar-refractivity contribution in [2.45, 2.75) is 96.7 Å². The van der Waals surface area contributed by atoms with Crippen molar-refractivity contribution in [2.24, 2.45) is 91.7 Å². The highest BCUT2D eigenvalue weighted by Crippen LogP contribution is 2.30. The van der Waals surface area contributed by atoms with Crippen LogP contribution in [-0.4, -0.2) is 367 Å². The summed E-state index contributed by atoms with van der Waals surface area (Å²) in [4.78, 5) is 255. The number of likely N-dealkylation sites (N-methyl/N-ethyl adjacent to an activating group) is 1. The van der Waals surface area contributed by atoms with E-state index in [1.165, 1.54) is 0 Å². The molecule has 16 atom stereocenters. The smallest absolute Gasteiger partial charge is 0.282 e. The van der Waals surface area contributed by atoms with Gasteiger partial charge in [0.25, 0.3) is 94.5 Å². The topological polar surface area (TPSA) is 750 Å². The molecule has 0 saturated carbocycles. The molecular weight excluding hydrogens is 1810 g/mol. The quantitative estimate of drug-likeness (QED) is 0.0220. The van der Waals surface area contributed by atoms with Crippen molar-refractivity contribution >= 4 is 297 Å². The standard InChI is InChI=1S/C49H100N32O16S16/c1-67(35(83)19(51)3-99)69(37(85)21(53)5-101)71(39(87)23(55)7-103)73(41(89)25(57)9-105)75(43(91)27(59)11-107)77(45(93)29(61)13-109)79(47(95)31(63)15-111)81(49(97)33(65)17-113)80(48(96)32(64)16-112)78(46(94)30(62)14-110)76(44(92)28(60)12-108)74(42(90)26(58)10-106)72(40(88)24(56)8-104)70(38(86)22(54)6-102)68(36(84)20(52)4-100)66-34(82)18(50)2-98/h18-33,98-113H,2-17,50-65H2,1H3,(H,66,82). The summed E-state index contributed by atoms with van der Waals surface area (Å²) in [5, 5.41) is -7.18. The Balaban J connectivity index is 12.8. The Labute approximate surface area is 736 Å². The number of thiol groups is 16. The fourth-order valence-electron chi connectivity index (χ4n) is 7.64. The minimum atomic E-state index is -2.63. The molecule has 0 bridgehead atoms. The van der Waals surface area contributed by atoms with E-state index >= 15 is 67.1 Å². The number of hydrogen-bond donors (Lipinski definition) is 33. The zero-order valence-corrected chi connectivity index (χ0v) is 74.0. The maximum atomic E-state index is 16.7. The summed E-state index contributed by atoms with van der Waals surface area (Å²) in [6.07, 6.45) is 0. The third kappa shape index (κ3) is 27.2. The zero-order valence-electron chi connectivity index (χ0n) is 59.7. The van der Waals surface area contributed by atoms with E-state index in [1.54, 1.807) is 0 Å². The molecule has 0 rings (SSSR count). The van der Waals surface area contributed by atoms with Crippen molar-refractivity contribution in [3.8, 4) is 0 Å². The predicted octanol–water partition coefficient (Wildman–Crippen LogP) is -16.0. The number of carbonyl (C=O) groups is 16. The number of nitrogens with one attached hydrogen (secondary N) is 1. The molecule has 0 aliphatic heterocycles. The van der Waals surface area contributed by atoms with Crippen LogP contribution in [0.1, 0.15) is 0 Å². The maximum Gasteiger partial charge on any atom is 0.282 e. The average Bonchev–Trinajstić information content (AvgIpc) is 0.735. The van der Waals surface area contributed by atoms with Gasteiger partial charge in [-0.2, -0.15) is 202 Å². The van der Waals surface area contributed by atoms with E-state index in [4.69, 9.17) is 91.7 Å². The third-order valence-electron chi connectivity index (χ3n) is 14.2. The molecule has 113 heavy (non-hydrogen) atoms. The van der Waals surface area contributed by atoms with Crippen LogP contribution < -0.4 is 97.2 Å². The van der Waals surface area contributed by atoms with E-state index < -0.39 is 340 Å². The van der Waals surface area contributed by atoms with Crippen molar-refractivity contribution < 1.29 is 76.7 Å². The van der Waals surface area contributed by atoms with Gasteiger partial charge in [0.2, 0.25) is 0 Å². The number of amides is 16. The van der Waals surface area contributed by atoms with Crippen LogP contribution in [0.4, 0.5) is 0 Å². The van der Waals surface area contributed by atoms with Gasteiger partial charge in [0, 0.05) is 99.1 Å². The minimum Gasteiger partial charge on any atom is -0.319 e. The van der Waals surface area contributed by atoms with E-state index in [-0.39, 0.29) is 20.4 Å². The van der Waals surface area contributed by atoms with Gasteiger partial charge < -0.3 is 91.7 Å². The summed E-state index contributed by atoms with van der Waals surface area (Å²) in [5.41, 5.74) is 105.